The summed E-state index contributed by atoms with van der Waals surface area (Å²) >= 11 is 0. The number of hydrogen-bond donors (Lipinski definition) is 1. The average Bonchev–Trinajstić information content (AvgIpc) is 3.69. The van der Waals surface area contributed by atoms with Crippen molar-refractivity contribution in [3.8, 4) is 11.8 Å². The number of imidazole rings is 1. The Morgan fingerprint density at radius 3 is 2.66 bits per heavy atom. The number of nitrogens with zero attached hydrogens (tertiary/aromatic N) is 5. The predicted octanol–water partition coefficient (Wildman–Crippen LogP) is 5.31. The maximum absolute atomic E-state index is 14.0. The summed E-state index contributed by atoms with van der Waals surface area (Å²) in [6, 6.07) is 10.9. The van der Waals surface area contributed by atoms with E-state index in [1.807, 2.05) is 24.9 Å². The van der Waals surface area contributed by atoms with Crippen molar-refractivity contribution < 1.29 is 22.7 Å². The monoisotopic (exact) mass is 602 g/mol. The molecule has 8 nitrogen and oxygen atoms in total. The Hall–Kier alpha value is -4.24. The van der Waals surface area contributed by atoms with E-state index in [1.165, 1.54) is 12.1 Å². The van der Waals surface area contributed by atoms with Gasteiger partial charge in [-0.3, -0.25) is 9.69 Å². The molecule has 2 fully saturated rings. The van der Waals surface area contributed by atoms with Crippen molar-refractivity contribution in [2.24, 2.45) is 0 Å². The van der Waals surface area contributed by atoms with Gasteiger partial charge < -0.3 is 15.0 Å². The Kier molecular flexibility index (Phi) is 8.40. The molecule has 44 heavy (non-hydrogen) atoms. The lowest BCUT2D eigenvalue weighted by molar-refractivity contribution is -0.138. The maximum Gasteiger partial charge on any atom is 0.416 e. The molecule has 6 rings (SSSR count). The quantitative estimate of drug-likeness (QED) is 0.313. The summed E-state index contributed by atoms with van der Waals surface area (Å²) in [5.41, 5.74) is 3.54. The number of nitrogens with one attached hydrogen (secondary N) is 1. The molecule has 2 aromatic heterocycles. The van der Waals surface area contributed by atoms with E-state index >= 15 is 0 Å². The van der Waals surface area contributed by atoms with E-state index in [0.29, 0.717) is 30.0 Å². The molecule has 2 aromatic carbocycles. The Bertz CT molecular complexity index is 1740. The van der Waals surface area contributed by atoms with Crippen LogP contribution in [0.3, 0.4) is 0 Å². The first-order chi connectivity index (χ1) is 21.2. The Balaban J connectivity index is 1.21. The van der Waals surface area contributed by atoms with Gasteiger partial charge in [-0.25, -0.2) is 9.50 Å². The van der Waals surface area contributed by atoms with E-state index in [-0.39, 0.29) is 29.5 Å². The van der Waals surface area contributed by atoms with Crippen LogP contribution in [0.15, 0.2) is 54.9 Å². The zero-order valence-corrected chi connectivity index (χ0v) is 24.6. The van der Waals surface area contributed by atoms with Gasteiger partial charge >= 0.3 is 6.18 Å². The molecule has 2 aliphatic heterocycles. The smallest absolute Gasteiger partial charge is 0.373 e. The lowest BCUT2D eigenvalue weighted by Gasteiger charge is -2.33. The van der Waals surface area contributed by atoms with Gasteiger partial charge in [0.05, 0.1) is 17.9 Å². The van der Waals surface area contributed by atoms with Crippen LogP contribution >= 0.6 is 0 Å². The van der Waals surface area contributed by atoms with Gasteiger partial charge in [0, 0.05) is 67.9 Å². The van der Waals surface area contributed by atoms with Crippen molar-refractivity contribution in [2.45, 2.75) is 38.6 Å². The second-order valence-electron chi connectivity index (χ2n) is 11.3. The van der Waals surface area contributed by atoms with Crippen LogP contribution in [0.1, 0.15) is 62.8 Å². The van der Waals surface area contributed by atoms with E-state index in [9.17, 15) is 18.0 Å². The molecule has 4 heterocycles. The third-order valence-electron chi connectivity index (χ3n) is 8.20. The second-order valence-corrected chi connectivity index (χ2v) is 11.3. The van der Waals surface area contributed by atoms with Gasteiger partial charge in [0.15, 0.2) is 5.65 Å². The van der Waals surface area contributed by atoms with E-state index in [1.54, 1.807) is 35.1 Å². The number of benzene rings is 2. The highest BCUT2D eigenvalue weighted by Gasteiger charge is 2.34. The highest BCUT2D eigenvalue weighted by atomic mass is 19.4. The molecule has 0 radical (unpaired) electrons. The second kappa shape index (κ2) is 12.4. The molecule has 0 saturated carbocycles. The molecule has 228 valence electrons. The highest BCUT2D eigenvalue weighted by molar-refractivity contribution is 6.04. The molecule has 4 aromatic rings. The molecule has 0 aliphatic carbocycles. The Morgan fingerprint density at radius 1 is 1.09 bits per heavy atom. The summed E-state index contributed by atoms with van der Waals surface area (Å²) in [5, 5.41) is 7.05. The van der Waals surface area contributed by atoms with Gasteiger partial charge in [-0.1, -0.05) is 18.1 Å². The Morgan fingerprint density at radius 2 is 1.91 bits per heavy atom. The molecule has 1 N–H and O–H groups in total. The molecule has 0 spiro atoms. The largest absolute Gasteiger partial charge is 0.416 e. The molecule has 1 atom stereocenters. The number of halogens is 3. The number of carbonyl (C=O) groups excluding carboxylic acids is 1. The number of alkyl halides is 3. The standard InChI is InChI=1S/C33H33F3N6O2/c1-22-5-6-24(18-23(22)8-10-27-20-37-31-28(11-12-38-42(27)31)30-4-3-17-44-30)32(43)39-26-9-7-25(29(19-26)33(34,35)36)21-41-15-13-40(2)14-16-41/h5-7,9,11-12,18-20,30H,3-4,13-17,21H2,1-2H3,(H,39,43). The van der Waals surface area contributed by atoms with Gasteiger partial charge in [0.2, 0.25) is 0 Å². The average molecular weight is 603 g/mol. The summed E-state index contributed by atoms with van der Waals surface area (Å²) in [6.07, 6.45) is 0.733. The molecule has 1 unspecified atom stereocenters. The van der Waals surface area contributed by atoms with Crippen LogP contribution in [0.5, 0.6) is 0 Å². The van der Waals surface area contributed by atoms with Crippen molar-refractivity contribution in [3.63, 3.8) is 0 Å². The number of hydrogen-bond acceptors (Lipinski definition) is 6. The van der Waals surface area contributed by atoms with Gasteiger partial charge in [-0.2, -0.15) is 18.3 Å². The molecular formula is C33H33F3N6O2. The van der Waals surface area contributed by atoms with E-state index < -0.39 is 17.6 Å². The van der Waals surface area contributed by atoms with Gasteiger partial charge in [0.25, 0.3) is 5.91 Å². The fourth-order valence-corrected chi connectivity index (χ4v) is 5.61. The van der Waals surface area contributed by atoms with Crippen molar-refractivity contribution in [3.05, 3.63) is 93.9 Å². The van der Waals surface area contributed by atoms with Crippen LogP contribution in [0.2, 0.25) is 0 Å². The van der Waals surface area contributed by atoms with E-state index in [0.717, 1.165) is 49.7 Å². The van der Waals surface area contributed by atoms with Crippen molar-refractivity contribution >= 4 is 17.2 Å². The molecule has 1 amide bonds. The van der Waals surface area contributed by atoms with Gasteiger partial charge in [-0.15, -0.1) is 0 Å². The topological polar surface area (TPSA) is 75.0 Å². The molecule has 2 aliphatic rings. The summed E-state index contributed by atoms with van der Waals surface area (Å²) in [5.74, 6) is 5.70. The SMILES string of the molecule is Cc1ccc(C(=O)Nc2ccc(CN3CCN(C)CC3)c(C(F)(F)F)c2)cc1C#Cc1cnc2c(C3CCCO3)ccnn12. The first kappa shape index (κ1) is 29.8. The lowest BCUT2D eigenvalue weighted by atomic mass is 10.0. The van der Waals surface area contributed by atoms with E-state index in [2.05, 4.69) is 32.1 Å². The third-order valence-corrected chi connectivity index (χ3v) is 8.20. The number of piperazine rings is 1. The molecular weight excluding hydrogens is 569 g/mol. The number of fused-ring (bicyclic) bond motifs is 1. The first-order valence-corrected chi connectivity index (χ1v) is 14.6. The normalized spacial score (nSPS) is 17.9. The summed E-state index contributed by atoms with van der Waals surface area (Å²) in [4.78, 5) is 21.8. The fraction of sp³-hybridized carbons (Fsp3) is 0.364. The number of carbonyl (C=O) groups is 1. The number of aryl methyl sites for hydroxylation is 1. The Labute approximate surface area is 253 Å². The number of aromatic nitrogens is 3. The van der Waals surface area contributed by atoms with Crippen LogP contribution in [0.25, 0.3) is 5.65 Å². The molecule has 11 heteroatoms. The number of anilines is 1. The molecule has 0 bridgehead atoms. The summed E-state index contributed by atoms with van der Waals surface area (Å²) in [7, 11) is 2.00. The summed E-state index contributed by atoms with van der Waals surface area (Å²) < 4.78 is 49.6. The number of likely N-dealkylation sites (N-methyl/N-ethyl adjacent to an activating group) is 1. The van der Waals surface area contributed by atoms with Gasteiger partial charge in [-0.05, 0) is 74.2 Å². The van der Waals surface area contributed by atoms with Crippen LogP contribution in [-0.2, 0) is 17.5 Å². The number of rotatable bonds is 5. The minimum atomic E-state index is -4.55. The van der Waals surface area contributed by atoms with Crippen molar-refractivity contribution in [1.29, 1.82) is 0 Å². The summed E-state index contributed by atoms with van der Waals surface area (Å²) in [6.45, 7) is 5.83. The van der Waals surface area contributed by atoms with Crippen LogP contribution < -0.4 is 5.32 Å². The maximum atomic E-state index is 14.0. The minimum Gasteiger partial charge on any atom is -0.373 e. The first-order valence-electron chi connectivity index (χ1n) is 14.6. The number of amides is 1. The van der Waals surface area contributed by atoms with Crippen LogP contribution in [0.4, 0.5) is 18.9 Å². The van der Waals surface area contributed by atoms with Gasteiger partial charge in [0.1, 0.15) is 5.69 Å². The zero-order valence-electron chi connectivity index (χ0n) is 24.6. The van der Waals surface area contributed by atoms with Crippen LogP contribution in [0, 0.1) is 18.8 Å². The van der Waals surface area contributed by atoms with Crippen molar-refractivity contribution in [2.75, 3.05) is 45.2 Å². The van der Waals surface area contributed by atoms with Crippen molar-refractivity contribution in [1.82, 2.24) is 24.4 Å². The predicted molar refractivity (Wildman–Crippen MR) is 160 cm³/mol. The third kappa shape index (κ3) is 6.48. The van der Waals surface area contributed by atoms with E-state index in [4.69, 9.17) is 4.74 Å². The minimum absolute atomic E-state index is 0.0125. The number of ether oxygens (including phenoxy) is 1. The lowest BCUT2D eigenvalue weighted by Crippen LogP contribution is -2.44. The fourth-order valence-electron chi connectivity index (χ4n) is 5.61. The van der Waals surface area contributed by atoms with Crippen LogP contribution in [-0.4, -0.2) is 70.1 Å². The zero-order chi connectivity index (χ0) is 30.8. The molecule has 2 saturated heterocycles. The highest BCUT2D eigenvalue weighted by Crippen LogP contribution is 2.35.